The van der Waals surface area contributed by atoms with Crippen LogP contribution in [0.15, 0.2) is 42.5 Å². The molecule has 2 atom stereocenters. The average Bonchev–Trinajstić information content (AvgIpc) is 2.72. The largest absolute Gasteiger partial charge is 0.497 e. The molecule has 0 amide bonds. The fraction of sp³-hybridized carbons (Fsp3) is 0.250. The molecule has 0 aliphatic heterocycles. The van der Waals surface area contributed by atoms with Gasteiger partial charge in [-0.2, -0.15) is 0 Å². The van der Waals surface area contributed by atoms with Crippen molar-refractivity contribution in [3.63, 3.8) is 0 Å². The summed E-state index contributed by atoms with van der Waals surface area (Å²) in [5.74, 6) is -2.40. The molecule has 0 aliphatic carbocycles. The molecular weight excluding hydrogens is 384 g/mol. The highest BCUT2D eigenvalue weighted by atomic mass is 35.5. The van der Waals surface area contributed by atoms with E-state index >= 15 is 0 Å². The third-order valence-corrected chi connectivity index (χ3v) is 4.49. The maximum atomic E-state index is 13.0. The number of ketones is 2. The van der Waals surface area contributed by atoms with Crippen LogP contribution in [0.3, 0.4) is 0 Å². The average molecular weight is 405 g/mol. The van der Waals surface area contributed by atoms with Crippen molar-refractivity contribution in [2.75, 3.05) is 19.5 Å². The Morgan fingerprint density at radius 2 is 1.71 bits per heavy atom. The van der Waals surface area contributed by atoms with Crippen molar-refractivity contribution in [1.82, 2.24) is 0 Å². The second-order valence-corrected chi connectivity index (χ2v) is 6.50. The van der Waals surface area contributed by atoms with Crippen molar-refractivity contribution < 1.29 is 23.9 Å². The van der Waals surface area contributed by atoms with Gasteiger partial charge in [0.05, 0.1) is 26.3 Å². The third kappa shape index (κ3) is 4.88. The SMILES string of the molecule is COC(=O)C(=O)C(C)C(N)Nc1ccc(OC)cc1C(=O)c1ccc(Cl)cc1. The zero-order valence-electron chi connectivity index (χ0n) is 15.7. The van der Waals surface area contributed by atoms with E-state index < -0.39 is 23.8 Å². The summed E-state index contributed by atoms with van der Waals surface area (Å²) >= 11 is 5.88. The van der Waals surface area contributed by atoms with E-state index in [-0.39, 0.29) is 5.78 Å². The van der Waals surface area contributed by atoms with Crippen molar-refractivity contribution in [3.05, 3.63) is 58.6 Å². The summed E-state index contributed by atoms with van der Waals surface area (Å²) in [7, 11) is 2.61. The molecule has 2 aromatic rings. The van der Waals surface area contributed by atoms with E-state index in [9.17, 15) is 14.4 Å². The van der Waals surface area contributed by atoms with Crippen molar-refractivity contribution in [1.29, 1.82) is 0 Å². The van der Waals surface area contributed by atoms with Crippen LogP contribution in [0, 0.1) is 5.92 Å². The number of rotatable bonds is 8. The third-order valence-electron chi connectivity index (χ3n) is 4.24. The van der Waals surface area contributed by atoms with Gasteiger partial charge < -0.3 is 20.5 Å². The molecule has 148 valence electrons. The van der Waals surface area contributed by atoms with Gasteiger partial charge in [-0.05, 0) is 42.5 Å². The lowest BCUT2D eigenvalue weighted by molar-refractivity contribution is -0.153. The van der Waals surface area contributed by atoms with Gasteiger partial charge in [0, 0.05) is 21.8 Å². The standard InChI is InChI=1S/C20H21ClN2O5/c1-11(17(24)20(26)28-3)19(22)23-16-9-8-14(27-2)10-15(16)18(25)12-4-6-13(21)7-5-12/h4-11,19,23H,22H2,1-3H3. The van der Waals surface area contributed by atoms with Gasteiger partial charge in [-0.1, -0.05) is 18.5 Å². The first-order chi connectivity index (χ1) is 13.3. The highest BCUT2D eigenvalue weighted by Crippen LogP contribution is 2.26. The number of anilines is 1. The number of ether oxygens (including phenoxy) is 2. The molecule has 0 bridgehead atoms. The highest BCUT2D eigenvalue weighted by Gasteiger charge is 2.28. The van der Waals surface area contributed by atoms with Crippen LogP contribution < -0.4 is 15.8 Å². The van der Waals surface area contributed by atoms with Crippen molar-refractivity contribution in [2.24, 2.45) is 11.7 Å². The van der Waals surface area contributed by atoms with Crippen LogP contribution >= 0.6 is 11.6 Å². The summed E-state index contributed by atoms with van der Waals surface area (Å²) in [4.78, 5) is 36.4. The maximum absolute atomic E-state index is 13.0. The van der Waals surface area contributed by atoms with Crippen LogP contribution in [0.4, 0.5) is 5.69 Å². The Hall–Kier alpha value is -2.90. The Morgan fingerprint density at radius 3 is 2.29 bits per heavy atom. The van der Waals surface area contributed by atoms with Crippen molar-refractivity contribution >= 4 is 34.8 Å². The molecule has 0 saturated heterocycles. The number of halogens is 1. The minimum Gasteiger partial charge on any atom is -0.497 e. The van der Waals surface area contributed by atoms with Crippen molar-refractivity contribution in [2.45, 2.75) is 13.1 Å². The summed E-state index contributed by atoms with van der Waals surface area (Å²) in [6, 6.07) is 11.3. The summed E-state index contributed by atoms with van der Waals surface area (Å²) in [5.41, 5.74) is 7.17. The normalized spacial score (nSPS) is 12.6. The van der Waals surface area contributed by atoms with Gasteiger partial charge in [-0.25, -0.2) is 4.79 Å². The van der Waals surface area contributed by atoms with Gasteiger partial charge in [-0.3, -0.25) is 9.59 Å². The minimum absolute atomic E-state index is 0.280. The number of methoxy groups -OCH3 is 2. The van der Waals surface area contributed by atoms with Crippen LogP contribution in [0.2, 0.25) is 5.02 Å². The first kappa shape index (κ1) is 21.4. The molecule has 0 fully saturated rings. The molecule has 2 unspecified atom stereocenters. The predicted octanol–water partition coefficient (Wildman–Crippen LogP) is 2.65. The molecule has 28 heavy (non-hydrogen) atoms. The second-order valence-electron chi connectivity index (χ2n) is 6.06. The van der Waals surface area contributed by atoms with Gasteiger partial charge in [0.15, 0.2) is 5.78 Å². The quantitative estimate of drug-likeness (QED) is 0.301. The molecule has 2 rings (SSSR count). The zero-order chi connectivity index (χ0) is 20.8. The fourth-order valence-electron chi connectivity index (χ4n) is 2.47. The van der Waals surface area contributed by atoms with Crippen molar-refractivity contribution in [3.8, 4) is 5.75 Å². The highest BCUT2D eigenvalue weighted by molar-refractivity contribution is 6.34. The molecule has 0 heterocycles. The molecule has 0 saturated carbocycles. The first-order valence-corrected chi connectivity index (χ1v) is 8.78. The molecule has 0 aromatic heterocycles. The number of nitrogens with two attached hydrogens (primary N) is 1. The Bertz CT molecular complexity index is 883. The summed E-state index contributed by atoms with van der Waals surface area (Å²) < 4.78 is 9.64. The lowest BCUT2D eigenvalue weighted by Crippen LogP contribution is -2.43. The first-order valence-electron chi connectivity index (χ1n) is 8.41. The lowest BCUT2D eigenvalue weighted by Gasteiger charge is -2.22. The minimum atomic E-state index is -0.975. The molecule has 3 N–H and O–H groups in total. The van der Waals surface area contributed by atoms with E-state index in [1.165, 1.54) is 14.0 Å². The van der Waals surface area contributed by atoms with E-state index in [0.29, 0.717) is 27.6 Å². The van der Waals surface area contributed by atoms with E-state index in [2.05, 4.69) is 10.1 Å². The number of esters is 1. The monoisotopic (exact) mass is 404 g/mol. The Morgan fingerprint density at radius 1 is 1.07 bits per heavy atom. The van der Waals surface area contributed by atoms with Gasteiger partial charge in [0.2, 0.25) is 5.78 Å². The van der Waals surface area contributed by atoms with Gasteiger partial charge in [0.25, 0.3) is 0 Å². The molecular formula is C20H21ClN2O5. The van der Waals surface area contributed by atoms with E-state index in [1.807, 2.05) is 0 Å². The molecule has 0 radical (unpaired) electrons. The van der Waals surface area contributed by atoms with Crippen LogP contribution in [-0.4, -0.2) is 37.9 Å². The zero-order valence-corrected chi connectivity index (χ0v) is 16.4. The summed E-state index contributed by atoms with van der Waals surface area (Å²) in [6.07, 6.45) is -0.920. The Balaban J connectivity index is 2.34. The maximum Gasteiger partial charge on any atom is 0.374 e. The number of hydrogen-bond acceptors (Lipinski definition) is 7. The van der Waals surface area contributed by atoms with E-state index in [1.54, 1.807) is 42.5 Å². The number of nitrogens with one attached hydrogen (secondary N) is 1. The van der Waals surface area contributed by atoms with Crippen LogP contribution in [0.1, 0.15) is 22.8 Å². The number of carbonyl (C=O) groups excluding carboxylic acids is 3. The van der Waals surface area contributed by atoms with Crippen LogP contribution in [0.5, 0.6) is 5.75 Å². The predicted molar refractivity (Wildman–Crippen MR) is 106 cm³/mol. The molecule has 8 heteroatoms. The second kappa shape index (κ2) is 9.34. The Labute approximate surface area is 167 Å². The molecule has 0 spiro atoms. The number of carbonyl (C=O) groups is 3. The summed E-state index contributed by atoms with van der Waals surface area (Å²) in [6.45, 7) is 1.50. The lowest BCUT2D eigenvalue weighted by atomic mass is 9.99. The van der Waals surface area contributed by atoms with Crippen LogP contribution in [0.25, 0.3) is 0 Å². The fourth-order valence-corrected chi connectivity index (χ4v) is 2.60. The number of hydrogen-bond donors (Lipinski definition) is 2. The smallest absolute Gasteiger partial charge is 0.374 e. The molecule has 7 nitrogen and oxygen atoms in total. The summed E-state index contributed by atoms with van der Waals surface area (Å²) in [5, 5.41) is 3.44. The van der Waals surface area contributed by atoms with E-state index in [4.69, 9.17) is 22.1 Å². The molecule has 2 aromatic carbocycles. The number of benzene rings is 2. The van der Waals surface area contributed by atoms with Gasteiger partial charge in [0.1, 0.15) is 5.75 Å². The van der Waals surface area contributed by atoms with Crippen LogP contribution in [-0.2, 0) is 14.3 Å². The number of Topliss-reactive ketones (excluding diaryl/α,β-unsaturated/α-hetero) is 1. The van der Waals surface area contributed by atoms with Gasteiger partial charge >= 0.3 is 5.97 Å². The molecule has 0 aliphatic rings. The Kier molecular flexibility index (Phi) is 7.14. The van der Waals surface area contributed by atoms with Gasteiger partial charge in [-0.15, -0.1) is 0 Å². The topological polar surface area (TPSA) is 108 Å². The van der Waals surface area contributed by atoms with E-state index in [0.717, 1.165) is 7.11 Å².